The van der Waals surface area contributed by atoms with Crippen molar-refractivity contribution in [2.75, 3.05) is 19.0 Å². The maximum absolute atomic E-state index is 13.1. The number of methoxy groups -OCH3 is 1. The molecule has 0 atom stereocenters. The first-order chi connectivity index (χ1) is 8.08. The van der Waals surface area contributed by atoms with Gasteiger partial charge in [-0.15, -0.1) is 0 Å². The van der Waals surface area contributed by atoms with Crippen LogP contribution in [0.25, 0.3) is 0 Å². The first kappa shape index (κ1) is 12.6. The van der Waals surface area contributed by atoms with Gasteiger partial charge in [-0.1, -0.05) is 11.6 Å². The largest absolute Gasteiger partial charge is 0.381 e. The molecule has 3 nitrogen and oxygen atoms in total. The van der Waals surface area contributed by atoms with Gasteiger partial charge >= 0.3 is 0 Å². The normalized spacial score (nSPS) is 27.6. The molecule has 0 spiro atoms. The third kappa shape index (κ3) is 2.54. The lowest BCUT2D eigenvalue weighted by Gasteiger charge is -2.47. The van der Waals surface area contributed by atoms with Crippen molar-refractivity contribution in [1.29, 1.82) is 0 Å². The predicted octanol–water partition coefficient (Wildman–Crippen LogP) is 2.40. The van der Waals surface area contributed by atoms with Crippen LogP contribution >= 0.6 is 11.6 Å². The summed E-state index contributed by atoms with van der Waals surface area (Å²) in [5, 5.41) is 3.74. The fourth-order valence-electron chi connectivity index (χ4n) is 2.18. The van der Waals surface area contributed by atoms with Gasteiger partial charge in [0.1, 0.15) is 5.82 Å². The zero-order chi connectivity index (χ0) is 12.5. The summed E-state index contributed by atoms with van der Waals surface area (Å²) in [6, 6.07) is 4.26. The van der Waals surface area contributed by atoms with Crippen molar-refractivity contribution < 1.29 is 9.13 Å². The molecule has 2 rings (SSSR count). The lowest BCUT2D eigenvalue weighted by atomic mass is 9.74. The van der Waals surface area contributed by atoms with Gasteiger partial charge in [0.2, 0.25) is 0 Å². The number of nitrogens with one attached hydrogen (secondary N) is 1. The second-order valence-corrected chi connectivity index (χ2v) is 4.91. The lowest BCUT2D eigenvalue weighted by Crippen LogP contribution is -2.58. The zero-order valence-corrected chi connectivity index (χ0v) is 10.4. The first-order valence-corrected chi connectivity index (χ1v) is 5.92. The average molecular weight is 259 g/mol. The number of nitrogens with two attached hydrogens (primary N) is 1. The molecule has 1 aromatic carbocycles. The van der Waals surface area contributed by atoms with Crippen LogP contribution in [-0.4, -0.2) is 25.3 Å². The summed E-state index contributed by atoms with van der Waals surface area (Å²) >= 11 is 6.01. The molecule has 0 saturated heterocycles. The summed E-state index contributed by atoms with van der Waals surface area (Å²) in [7, 11) is 1.68. The number of anilines is 1. The minimum atomic E-state index is -0.313. The highest BCUT2D eigenvalue weighted by Crippen LogP contribution is 2.38. The summed E-state index contributed by atoms with van der Waals surface area (Å²) in [5.41, 5.74) is 6.13. The fraction of sp³-hybridized carbons (Fsp3) is 0.500. The minimum absolute atomic E-state index is 0.221. The van der Waals surface area contributed by atoms with E-state index >= 15 is 0 Å². The van der Waals surface area contributed by atoms with E-state index in [9.17, 15) is 4.39 Å². The highest BCUT2D eigenvalue weighted by Gasteiger charge is 2.43. The Morgan fingerprint density at radius 3 is 2.88 bits per heavy atom. The standard InChI is InChI=1S/C12H16ClFN2O/c1-17-9-5-12(6-9,7-15)16-11-4-8(14)2-3-10(11)13/h2-4,9,16H,5-7,15H2,1H3. The van der Waals surface area contributed by atoms with Crippen molar-refractivity contribution in [3.8, 4) is 0 Å². The zero-order valence-electron chi connectivity index (χ0n) is 9.67. The van der Waals surface area contributed by atoms with Crippen molar-refractivity contribution in [3.05, 3.63) is 29.0 Å². The number of rotatable bonds is 4. The van der Waals surface area contributed by atoms with Gasteiger partial charge in [0.25, 0.3) is 0 Å². The molecule has 0 amide bonds. The Hall–Kier alpha value is -0.840. The maximum Gasteiger partial charge on any atom is 0.125 e. The van der Waals surface area contributed by atoms with E-state index in [1.807, 2.05) is 0 Å². The quantitative estimate of drug-likeness (QED) is 0.872. The molecule has 1 aliphatic carbocycles. The van der Waals surface area contributed by atoms with E-state index in [1.54, 1.807) is 7.11 Å². The Kier molecular flexibility index (Phi) is 3.56. The Morgan fingerprint density at radius 2 is 2.29 bits per heavy atom. The maximum atomic E-state index is 13.1. The SMILES string of the molecule is COC1CC(CN)(Nc2cc(F)ccc2Cl)C1. The van der Waals surface area contributed by atoms with Crippen molar-refractivity contribution in [1.82, 2.24) is 0 Å². The molecule has 0 aliphatic heterocycles. The van der Waals surface area contributed by atoms with Crippen LogP contribution in [0.4, 0.5) is 10.1 Å². The first-order valence-electron chi connectivity index (χ1n) is 5.55. The van der Waals surface area contributed by atoms with Gasteiger partial charge in [0.15, 0.2) is 0 Å². The van der Waals surface area contributed by atoms with Crippen LogP contribution in [0.15, 0.2) is 18.2 Å². The van der Waals surface area contributed by atoms with Gasteiger partial charge in [-0.2, -0.15) is 0 Å². The van der Waals surface area contributed by atoms with Crippen LogP contribution in [0, 0.1) is 5.82 Å². The second kappa shape index (κ2) is 4.80. The summed E-state index contributed by atoms with van der Waals surface area (Å²) in [6.07, 6.45) is 1.85. The Bertz CT molecular complexity index is 407. The summed E-state index contributed by atoms with van der Waals surface area (Å²) < 4.78 is 18.4. The van der Waals surface area contributed by atoms with Gasteiger partial charge in [-0.05, 0) is 31.0 Å². The number of hydrogen-bond donors (Lipinski definition) is 2. The molecule has 94 valence electrons. The molecule has 3 N–H and O–H groups in total. The summed E-state index contributed by atoms with van der Waals surface area (Å²) in [4.78, 5) is 0. The van der Waals surface area contributed by atoms with Gasteiger partial charge in [-0.3, -0.25) is 0 Å². The summed E-state index contributed by atoms with van der Waals surface area (Å²) in [5.74, 6) is -0.313. The molecule has 5 heteroatoms. The third-order valence-electron chi connectivity index (χ3n) is 3.29. The Balaban J connectivity index is 2.12. The van der Waals surface area contributed by atoms with Gasteiger partial charge in [0.05, 0.1) is 22.4 Å². The van der Waals surface area contributed by atoms with E-state index in [2.05, 4.69) is 5.32 Å². The Morgan fingerprint density at radius 1 is 1.59 bits per heavy atom. The van der Waals surface area contributed by atoms with E-state index < -0.39 is 0 Å². The topological polar surface area (TPSA) is 47.3 Å². The highest BCUT2D eigenvalue weighted by molar-refractivity contribution is 6.33. The predicted molar refractivity (Wildman–Crippen MR) is 66.8 cm³/mol. The molecule has 1 saturated carbocycles. The van der Waals surface area contributed by atoms with E-state index in [0.717, 1.165) is 12.8 Å². The summed E-state index contributed by atoms with van der Waals surface area (Å²) in [6.45, 7) is 0.472. The lowest BCUT2D eigenvalue weighted by molar-refractivity contribution is -0.00245. The molecule has 17 heavy (non-hydrogen) atoms. The number of hydrogen-bond acceptors (Lipinski definition) is 3. The van der Waals surface area contributed by atoms with E-state index in [-0.39, 0.29) is 17.5 Å². The number of halogens is 2. The highest BCUT2D eigenvalue weighted by atomic mass is 35.5. The molecular weight excluding hydrogens is 243 g/mol. The average Bonchev–Trinajstić information content (AvgIpc) is 2.27. The smallest absolute Gasteiger partial charge is 0.125 e. The van der Waals surface area contributed by atoms with Crippen LogP contribution in [0.5, 0.6) is 0 Å². The van der Waals surface area contributed by atoms with Gasteiger partial charge in [-0.25, -0.2) is 4.39 Å². The molecule has 0 unspecified atom stereocenters. The van der Waals surface area contributed by atoms with Crippen molar-refractivity contribution in [2.45, 2.75) is 24.5 Å². The molecule has 1 aromatic rings. The molecule has 0 radical (unpaired) electrons. The van der Waals surface area contributed by atoms with Crippen LogP contribution < -0.4 is 11.1 Å². The minimum Gasteiger partial charge on any atom is -0.381 e. The fourth-order valence-corrected chi connectivity index (χ4v) is 2.34. The van der Waals surface area contributed by atoms with E-state index in [4.69, 9.17) is 22.1 Å². The number of ether oxygens (including phenoxy) is 1. The van der Waals surface area contributed by atoms with Gasteiger partial charge in [0, 0.05) is 13.7 Å². The Labute approximate surface area is 105 Å². The molecule has 1 aliphatic rings. The van der Waals surface area contributed by atoms with Crippen LogP contribution in [-0.2, 0) is 4.74 Å². The molecule has 0 bridgehead atoms. The molecule has 0 aromatic heterocycles. The van der Waals surface area contributed by atoms with Crippen LogP contribution in [0.1, 0.15) is 12.8 Å². The van der Waals surface area contributed by atoms with Crippen molar-refractivity contribution in [2.24, 2.45) is 5.73 Å². The van der Waals surface area contributed by atoms with Crippen LogP contribution in [0.2, 0.25) is 5.02 Å². The van der Waals surface area contributed by atoms with Gasteiger partial charge < -0.3 is 15.8 Å². The number of benzene rings is 1. The van der Waals surface area contributed by atoms with Crippen molar-refractivity contribution >= 4 is 17.3 Å². The van der Waals surface area contributed by atoms with Crippen molar-refractivity contribution in [3.63, 3.8) is 0 Å². The third-order valence-corrected chi connectivity index (χ3v) is 3.62. The molecular formula is C12H16ClFN2O. The molecule has 0 heterocycles. The monoisotopic (exact) mass is 258 g/mol. The second-order valence-electron chi connectivity index (χ2n) is 4.50. The van der Waals surface area contributed by atoms with E-state index in [1.165, 1.54) is 18.2 Å². The van der Waals surface area contributed by atoms with E-state index in [0.29, 0.717) is 17.3 Å². The van der Waals surface area contributed by atoms with Crippen LogP contribution in [0.3, 0.4) is 0 Å². The molecule has 1 fully saturated rings.